The fourth-order valence-electron chi connectivity index (χ4n) is 3.34. The fraction of sp³-hybridized carbons (Fsp3) is 0.263. The van der Waals surface area contributed by atoms with Crippen LogP contribution in [0.15, 0.2) is 64.0 Å². The average Bonchev–Trinajstić information content (AvgIpc) is 3.43. The summed E-state index contributed by atoms with van der Waals surface area (Å²) in [7, 11) is -3.86. The molecule has 0 N–H and O–H groups in total. The smallest absolute Gasteiger partial charge is 0.252 e. The molecular formula is C19H17BrN2O4S. The van der Waals surface area contributed by atoms with Crippen LogP contribution in [0.4, 0.5) is 5.69 Å². The highest BCUT2D eigenvalue weighted by molar-refractivity contribution is 9.10. The minimum atomic E-state index is -3.86. The SMILES string of the molecule is O=C1CC(N(C2CC2)S(=O)(=O)c2ccccc2)C(=O)N1c1ccc(Br)cc1. The molecule has 4 rings (SSSR count). The Morgan fingerprint density at radius 3 is 2.19 bits per heavy atom. The fourth-order valence-corrected chi connectivity index (χ4v) is 5.45. The summed E-state index contributed by atoms with van der Waals surface area (Å²) < 4.78 is 28.4. The highest BCUT2D eigenvalue weighted by Gasteiger charge is 2.51. The number of hydrogen-bond donors (Lipinski definition) is 0. The van der Waals surface area contributed by atoms with Crippen LogP contribution < -0.4 is 4.90 Å². The number of amides is 2. The normalized spacial score (nSPS) is 20.5. The number of carbonyl (C=O) groups excluding carboxylic acids is 2. The summed E-state index contributed by atoms with van der Waals surface area (Å²) >= 11 is 3.32. The second-order valence-electron chi connectivity index (χ2n) is 6.64. The first-order chi connectivity index (χ1) is 12.9. The van der Waals surface area contributed by atoms with Crippen molar-refractivity contribution < 1.29 is 18.0 Å². The molecule has 8 heteroatoms. The van der Waals surface area contributed by atoms with E-state index < -0.39 is 22.0 Å². The van der Waals surface area contributed by atoms with Crippen LogP contribution in [-0.2, 0) is 19.6 Å². The largest absolute Gasteiger partial charge is 0.274 e. The van der Waals surface area contributed by atoms with Gasteiger partial charge in [-0.15, -0.1) is 0 Å². The van der Waals surface area contributed by atoms with Gasteiger partial charge in [0, 0.05) is 10.5 Å². The lowest BCUT2D eigenvalue weighted by Crippen LogP contribution is -2.46. The Labute approximate surface area is 166 Å². The molecule has 140 valence electrons. The lowest BCUT2D eigenvalue weighted by atomic mass is 10.2. The lowest BCUT2D eigenvalue weighted by Gasteiger charge is -2.26. The molecule has 0 bridgehead atoms. The van der Waals surface area contributed by atoms with Gasteiger partial charge >= 0.3 is 0 Å². The second-order valence-corrected chi connectivity index (χ2v) is 9.40. The number of carbonyl (C=O) groups is 2. The average molecular weight is 449 g/mol. The van der Waals surface area contributed by atoms with E-state index in [4.69, 9.17) is 0 Å². The molecule has 2 fully saturated rings. The summed E-state index contributed by atoms with van der Waals surface area (Å²) in [5, 5.41) is 0. The molecule has 0 radical (unpaired) electrons. The summed E-state index contributed by atoms with van der Waals surface area (Å²) in [5.41, 5.74) is 0.448. The maximum atomic E-state index is 13.2. The standard InChI is InChI=1S/C19H17BrN2O4S/c20-13-6-8-14(9-7-13)21-18(23)12-17(19(21)24)22(15-10-11-15)27(25,26)16-4-2-1-3-5-16/h1-9,15,17H,10-12H2. The summed E-state index contributed by atoms with van der Waals surface area (Å²) in [6, 6.07) is 13.6. The van der Waals surface area contributed by atoms with E-state index in [1.165, 1.54) is 16.4 Å². The number of hydrogen-bond acceptors (Lipinski definition) is 4. The first kappa shape index (κ1) is 18.3. The van der Waals surface area contributed by atoms with Crippen molar-refractivity contribution >= 4 is 43.5 Å². The predicted octanol–water partition coefficient (Wildman–Crippen LogP) is 2.93. The molecule has 0 aromatic heterocycles. The molecule has 1 aliphatic carbocycles. The molecule has 1 aliphatic heterocycles. The number of anilines is 1. The van der Waals surface area contributed by atoms with Crippen molar-refractivity contribution in [2.24, 2.45) is 0 Å². The zero-order valence-corrected chi connectivity index (χ0v) is 16.7. The Hall–Kier alpha value is -2.03. The molecule has 2 aliphatic rings. The van der Waals surface area contributed by atoms with Gasteiger partial charge in [0.05, 0.1) is 17.0 Å². The van der Waals surface area contributed by atoms with E-state index in [0.29, 0.717) is 18.5 Å². The van der Waals surface area contributed by atoms with Crippen molar-refractivity contribution in [1.29, 1.82) is 0 Å². The summed E-state index contributed by atoms with van der Waals surface area (Å²) in [6.07, 6.45) is 1.25. The van der Waals surface area contributed by atoms with Gasteiger partial charge in [-0.1, -0.05) is 34.1 Å². The number of nitrogens with zero attached hydrogens (tertiary/aromatic N) is 2. The zero-order chi connectivity index (χ0) is 19.2. The van der Waals surface area contributed by atoms with E-state index in [1.807, 2.05) is 0 Å². The Morgan fingerprint density at radius 2 is 1.59 bits per heavy atom. The maximum Gasteiger partial charge on any atom is 0.252 e. The van der Waals surface area contributed by atoms with Crippen LogP contribution in [0.3, 0.4) is 0 Å². The molecule has 2 aromatic rings. The number of sulfonamides is 1. The Morgan fingerprint density at radius 1 is 0.963 bits per heavy atom. The van der Waals surface area contributed by atoms with E-state index in [1.54, 1.807) is 42.5 Å². The second kappa shape index (κ2) is 6.85. The highest BCUT2D eigenvalue weighted by atomic mass is 79.9. The van der Waals surface area contributed by atoms with Crippen molar-refractivity contribution in [1.82, 2.24) is 4.31 Å². The van der Waals surface area contributed by atoms with Crippen molar-refractivity contribution in [2.75, 3.05) is 4.90 Å². The van der Waals surface area contributed by atoms with Gasteiger partial charge in [-0.05, 0) is 49.2 Å². The van der Waals surface area contributed by atoms with Crippen molar-refractivity contribution in [3.05, 3.63) is 59.1 Å². The molecule has 1 saturated heterocycles. The van der Waals surface area contributed by atoms with Gasteiger partial charge in [0.15, 0.2) is 0 Å². The molecule has 6 nitrogen and oxygen atoms in total. The first-order valence-electron chi connectivity index (χ1n) is 8.60. The van der Waals surface area contributed by atoms with E-state index in [-0.39, 0.29) is 23.3 Å². The van der Waals surface area contributed by atoms with Gasteiger partial charge in [-0.25, -0.2) is 13.3 Å². The van der Waals surface area contributed by atoms with Gasteiger partial charge in [0.2, 0.25) is 15.9 Å². The molecule has 27 heavy (non-hydrogen) atoms. The van der Waals surface area contributed by atoms with Crippen LogP contribution in [0.25, 0.3) is 0 Å². The quantitative estimate of drug-likeness (QED) is 0.658. The lowest BCUT2D eigenvalue weighted by molar-refractivity contribution is -0.122. The number of benzene rings is 2. The van der Waals surface area contributed by atoms with Crippen LogP contribution in [0, 0.1) is 0 Å². The molecule has 2 amide bonds. The van der Waals surface area contributed by atoms with Gasteiger partial charge in [0.1, 0.15) is 6.04 Å². The van der Waals surface area contributed by atoms with Gasteiger partial charge < -0.3 is 0 Å². The molecule has 1 atom stereocenters. The van der Waals surface area contributed by atoms with Crippen LogP contribution >= 0.6 is 15.9 Å². The molecule has 1 unspecified atom stereocenters. The third-order valence-electron chi connectivity index (χ3n) is 4.74. The van der Waals surface area contributed by atoms with E-state index in [9.17, 15) is 18.0 Å². The maximum absolute atomic E-state index is 13.2. The molecular weight excluding hydrogens is 432 g/mol. The Kier molecular flexibility index (Phi) is 4.65. The monoisotopic (exact) mass is 448 g/mol. The third kappa shape index (κ3) is 3.33. The number of imide groups is 1. The van der Waals surface area contributed by atoms with E-state index in [2.05, 4.69) is 15.9 Å². The summed E-state index contributed by atoms with van der Waals surface area (Å²) in [5.74, 6) is -0.880. The molecule has 2 aromatic carbocycles. The van der Waals surface area contributed by atoms with E-state index >= 15 is 0 Å². The van der Waals surface area contributed by atoms with Crippen molar-refractivity contribution in [3.63, 3.8) is 0 Å². The highest BCUT2D eigenvalue weighted by Crippen LogP contribution is 2.38. The van der Waals surface area contributed by atoms with Crippen LogP contribution in [0.2, 0.25) is 0 Å². The van der Waals surface area contributed by atoms with Crippen molar-refractivity contribution in [2.45, 2.75) is 36.2 Å². The Bertz CT molecular complexity index is 988. The Balaban J connectivity index is 1.70. The molecule has 0 spiro atoms. The van der Waals surface area contributed by atoms with Gasteiger partial charge in [-0.3, -0.25) is 9.59 Å². The minimum Gasteiger partial charge on any atom is -0.274 e. The summed E-state index contributed by atoms with van der Waals surface area (Å²) in [4.78, 5) is 26.8. The number of rotatable bonds is 5. The van der Waals surface area contributed by atoms with Crippen LogP contribution in [0.1, 0.15) is 19.3 Å². The number of halogens is 1. The zero-order valence-electron chi connectivity index (χ0n) is 14.3. The molecule has 1 heterocycles. The van der Waals surface area contributed by atoms with Crippen LogP contribution in [-0.4, -0.2) is 36.6 Å². The first-order valence-corrected chi connectivity index (χ1v) is 10.8. The van der Waals surface area contributed by atoms with Crippen LogP contribution in [0.5, 0.6) is 0 Å². The van der Waals surface area contributed by atoms with Gasteiger partial charge in [0.25, 0.3) is 5.91 Å². The van der Waals surface area contributed by atoms with Gasteiger partial charge in [-0.2, -0.15) is 4.31 Å². The third-order valence-corrected chi connectivity index (χ3v) is 7.24. The van der Waals surface area contributed by atoms with Crippen molar-refractivity contribution in [3.8, 4) is 0 Å². The minimum absolute atomic E-state index is 0.138. The van der Waals surface area contributed by atoms with E-state index in [0.717, 1.165) is 9.37 Å². The molecule has 1 saturated carbocycles. The predicted molar refractivity (Wildman–Crippen MR) is 104 cm³/mol. The topological polar surface area (TPSA) is 74.8 Å². The summed E-state index contributed by atoms with van der Waals surface area (Å²) in [6.45, 7) is 0.